The molecule has 74 valence electrons. The summed E-state index contributed by atoms with van der Waals surface area (Å²) in [7, 11) is 0. The van der Waals surface area contributed by atoms with E-state index >= 15 is 0 Å². The van der Waals surface area contributed by atoms with Gasteiger partial charge in [0.15, 0.2) is 0 Å². The summed E-state index contributed by atoms with van der Waals surface area (Å²) in [6.45, 7) is 9.96. The Morgan fingerprint density at radius 3 is 2.17 bits per heavy atom. The molecule has 1 nitrogen and oxygen atoms in total. The zero-order chi connectivity index (χ0) is 9.56. The van der Waals surface area contributed by atoms with Crippen molar-refractivity contribution >= 4 is 11.8 Å². The van der Waals surface area contributed by atoms with E-state index in [1.165, 1.54) is 6.42 Å². The largest absolute Gasteiger partial charge is 0.330 e. The van der Waals surface area contributed by atoms with Gasteiger partial charge in [0, 0.05) is 10.5 Å². The van der Waals surface area contributed by atoms with Gasteiger partial charge in [0.1, 0.15) is 0 Å². The Bertz CT molecular complexity index is 104. The number of hydrogen-bond acceptors (Lipinski definition) is 2. The SMILES string of the molecule is CCC(CCN)SC(C)C(C)C. The molecule has 0 aliphatic rings. The van der Waals surface area contributed by atoms with Crippen LogP contribution in [0.15, 0.2) is 0 Å². The van der Waals surface area contributed by atoms with Gasteiger partial charge in [-0.15, -0.1) is 0 Å². The zero-order valence-corrected chi connectivity index (χ0v) is 9.66. The van der Waals surface area contributed by atoms with Crippen LogP contribution in [0.5, 0.6) is 0 Å². The lowest BCUT2D eigenvalue weighted by Gasteiger charge is -2.21. The Labute approximate surface area is 81.5 Å². The van der Waals surface area contributed by atoms with Gasteiger partial charge in [-0.2, -0.15) is 11.8 Å². The van der Waals surface area contributed by atoms with Gasteiger partial charge in [0.25, 0.3) is 0 Å². The summed E-state index contributed by atoms with van der Waals surface area (Å²) >= 11 is 2.10. The fourth-order valence-electron chi connectivity index (χ4n) is 1.01. The van der Waals surface area contributed by atoms with Crippen molar-refractivity contribution in [3.63, 3.8) is 0 Å². The van der Waals surface area contributed by atoms with Crippen LogP contribution < -0.4 is 5.73 Å². The van der Waals surface area contributed by atoms with E-state index in [4.69, 9.17) is 5.73 Å². The predicted octanol–water partition coefficient (Wildman–Crippen LogP) is 2.89. The van der Waals surface area contributed by atoms with E-state index in [9.17, 15) is 0 Å². The molecule has 0 aromatic carbocycles. The topological polar surface area (TPSA) is 26.0 Å². The van der Waals surface area contributed by atoms with E-state index < -0.39 is 0 Å². The maximum Gasteiger partial charge on any atom is 0.00592 e. The average molecular weight is 189 g/mol. The molecule has 0 spiro atoms. The molecule has 12 heavy (non-hydrogen) atoms. The Kier molecular flexibility index (Phi) is 6.96. The lowest BCUT2D eigenvalue weighted by Crippen LogP contribution is -2.16. The molecule has 0 saturated heterocycles. The summed E-state index contributed by atoms with van der Waals surface area (Å²) in [6, 6.07) is 0. The summed E-state index contributed by atoms with van der Waals surface area (Å²) in [5.41, 5.74) is 5.54. The lowest BCUT2D eigenvalue weighted by molar-refractivity contribution is 0.633. The molecule has 0 heterocycles. The molecule has 0 saturated carbocycles. The van der Waals surface area contributed by atoms with Gasteiger partial charge in [-0.3, -0.25) is 0 Å². The van der Waals surface area contributed by atoms with E-state index in [-0.39, 0.29) is 0 Å². The van der Waals surface area contributed by atoms with Gasteiger partial charge in [-0.25, -0.2) is 0 Å². The molecule has 0 aliphatic heterocycles. The standard InChI is InChI=1S/C10H23NS/c1-5-10(6-7-11)12-9(4)8(2)3/h8-10H,5-7,11H2,1-4H3. The molecule has 0 bridgehead atoms. The van der Waals surface area contributed by atoms with Crippen LogP contribution in [0.3, 0.4) is 0 Å². The number of rotatable bonds is 6. The molecular formula is C10H23NS. The molecule has 2 heteroatoms. The zero-order valence-electron chi connectivity index (χ0n) is 8.84. The van der Waals surface area contributed by atoms with Crippen LogP contribution in [0.4, 0.5) is 0 Å². The van der Waals surface area contributed by atoms with Crippen LogP contribution in [0, 0.1) is 5.92 Å². The molecule has 0 aliphatic carbocycles. The lowest BCUT2D eigenvalue weighted by atomic mass is 10.2. The third-order valence-electron chi connectivity index (χ3n) is 2.29. The summed E-state index contributed by atoms with van der Waals surface area (Å²) < 4.78 is 0. The average Bonchev–Trinajstić information content (AvgIpc) is 2.03. The maximum absolute atomic E-state index is 5.54. The minimum atomic E-state index is 0.765. The quantitative estimate of drug-likeness (QED) is 0.695. The second-order valence-corrected chi connectivity index (χ2v) is 5.38. The van der Waals surface area contributed by atoms with E-state index in [0.29, 0.717) is 0 Å². The Balaban J connectivity index is 3.68. The molecule has 0 rings (SSSR count). The number of hydrogen-bond donors (Lipinski definition) is 1. The molecular weight excluding hydrogens is 166 g/mol. The first-order valence-electron chi connectivity index (χ1n) is 4.97. The van der Waals surface area contributed by atoms with E-state index in [2.05, 4.69) is 39.5 Å². The summed E-state index contributed by atoms with van der Waals surface area (Å²) in [5.74, 6) is 0.779. The summed E-state index contributed by atoms with van der Waals surface area (Å²) in [5, 5.41) is 1.54. The smallest absolute Gasteiger partial charge is 0.00592 e. The molecule has 2 unspecified atom stereocenters. The third-order valence-corrected chi connectivity index (χ3v) is 4.22. The molecule has 0 aromatic rings. The molecule has 0 fully saturated rings. The molecule has 2 atom stereocenters. The maximum atomic E-state index is 5.54. The van der Waals surface area contributed by atoms with Gasteiger partial charge in [0.2, 0.25) is 0 Å². The fraction of sp³-hybridized carbons (Fsp3) is 1.00. The van der Waals surface area contributed by atoms with Crippen LogP contribution in [0.1, 0.15) is 40.5 Å². The molecule has 2 N–H and O–H groups in total. The van der Waals surface area contributed by atoms with E-state index in [1.54, 1.807) is 0 Å². The highest BCUT2D eigenvalue weighted by Crippen LogP contribution is 2.27. The Morgan fingerprint density at radius 2 is 1.83 bits per heavy atom. The second kappa shape index (κ2) is 6.79. The van der Waals surface area contributed by atoms with Crippen molar-refractivity contribution in [2.45, 2.75) is 51.0 Å². The summed E-state index contributed by atoms with van der Waals surface area (Å²) in [6.07, 6.45) is 2.41. The van der Waals surface area contributed by atoms with Crippen molar-refractivity contribution in [3.8, 4) is 0 Å². The highest BCUT2D eigenvalue weighted by molar-refractivity contribution is 8.00. The van der Waals surface area contributed by atoms with Crippen molar-refractivity contribution in [2.24, 2.45) is 11.7 Å². The van der Waals surface area contributed by atoms with Gasteiger partial charge >= 0.3 is 0 Å². The van der Waals surface area contributed by atoms with Gasteiger partial charge in [0.05, 0.1) is 0 Å². The van der Waals surface area contributed by atoms with Gasteiger partial charge in [-0.05, 0) is 25.3 Å². The fourth-order valence-corrected chi connectivity index (χ4v) is 2.40. The number of nitrogens with two attached hydrogens (primary N) is 1. The van der Waals surface area contributed by atoms with Gasteiger partial charge in [-0.1, -0.05) is 27.7 Å². The first kappa shape index (κ1) is 12.3. The highest BCUT2D eigenvalue weighted by Gasteiger charge is 2.13. The third kappa shape index (κ3) is 5.04. The van der Waals surface area contributed by atoms with Crippen molar-refractivity contribution in [1.29, 1.82) is 0 Å². The van der Waals surface area contributed by atoms with Crippen molar-refractivity contribution in [3.05, 3.63) is 0 Å². The highest BCUT2D eigenvalue weighted by atomic mass is 32.2. The van der Waals surface area contributed by atoms with Crippen LogP contribution in [0.2, 0.25) is 0 Å². The monoisotopic (exact) mass is 189 g/mol. The number of thioether (sulfide) groups is 1. The normalized spacial score (nSPS) is 16.5. The molecule has 0 aromatic heterocycles. The molecule has 0 amide bonds. The minimum absolute atomic E-state index is 0.765. The van der Waals surface area contributed by atoms with Crippen molar-refractivity contribution < 1.29 is 0 Å². The predicted molar refractivity (Wildman–Crippen MR) is 59.6 cm³/mol. The van der Waals surface area contributed by atoms with Crippen LogP contribution in [-0.2, 0) is 0 Å². The van der Waals surface area contributed by atoms with Crippen LogP contribution >= 0.6 is 11.8 Å². The first-order valence-corrected chi connectivity index (χ1v) is 5.91. The van der Waals surface area contributed by atoms with Crippen molar-refractivity contribution in [2.75, 3.05) is 6.54 Å². The van der Waals surface area contributed by atoms with E-state index in [0.717, 1.165) is 29.4 Å². The second-order valence-electron chi connectivity index (χ2n) is 3.69. The van der Waals surface area contributed by atoms with Gasteiger partial charge < -0.3 is 5.73 Å². The summed E-state index contributed by atoms with van der Waals surface area (Å²) in [4.78, 5) is 0. The Morgan fingerprint density at radius 1 is 1.25 bits per heavy atom. The first-order chi connectivity index (χ1) is 5.61. The van der Waals surface area contributed by atoms with E-state index in [1.807, 2.05) is 0 Å². The van der Waals surface area contributed by atoms with Crippen LogP contribution in [-0.4, -0.2) is 17.0 Å². The minimum Gasteiger partial charge on any atom is -0.330 e. The Hall–Kier alpha value is 0.310. The van der Waals surface area contributed by atoms with Crippen molar-refractivity contribution in [1.82, 2.24) is 0 Å². The van der Waals surface area contributed by atoms with Crippen LogP contribution in [0.25, 0.3) is 0 Å². The molecule has 0 radical (unpaired) electrons.